The Balaban J connectivity index is 2.51. The molecule has 0 aliphatic heterocycles. The van der Waals surface area contributed by atoms with Gasteiger partial charge in [0.05, 0.1) is 0 Å². The molecule has 0 bridgehead atoms. The average molecular weight is 672 g/mol. The molecule has 232 valence electrons. The fourth-order valence-electron chi connectivity index (χ4n) is 6.11. The maximum atomic E-state index is 7.47. The first-order valence-electron chi connectivity index (χ1n) is 17.4. The first-order valence-corrected chi connectivity index (χ1v) is 23.7. The van der Waals surface area contributed by atoms with Gasteiger partial charge in [0, 0.05) is 0 Å². The van der Waals surface area contributed by atoms with E-state index in [0.29, 0.717) is 0 Å². The second kappa shape index (κ2) is 19.9. The molecule has 0 N–H and O–H groups in total. The molecule has 3 heteroatoms. The van der Waals surface area contributed by atoms with Crippen LogP contribution in [-0.2, 0) is 12.8 Å². The van der Waals surface area contributed by atoms with Gasteiger partial charge in [-0.05, 0) is 0 Å². The minimum atomic E-state index is -3.62. The van der Waals surface area contributed by atoms with Crippen LogP contribution < -0.4 is 6.15 Å². The summed E-state index contributed by atoms with van der Waals surface area (Å²) in [7, 11) is 0. The number of benzene rings is 2. The quantitative estimate of drug-likeness (QED) is 0.0916. The Morgan fingerprint density at radius 1 is 0.463 bits per heavy atom. The number of rotatable bonds is 22. The topological polar surface area (TPSA) is 18.5 Å². The molecule has 0 heterocycles. The summed E-state index contributed by atoms with van der Waals surface area (Å²) in [6.45, 7) is 18.2. The summed E-state index contributed by atoms with van der Waals surface area (Å²) in [5, 5.41) is 0. The van der Waals surface area contributed by atoms with Crippen LogP contribution in [0.5, 0.6) is 11.5 Å². The zero-order valence-electron chi connectivity index (χ0n) is 28.4. The summed E-state index contributed by atoms with van der Waals surface area (Å²) in [6, 6.07) is 9.10. The Hall–Kier alpha value is -1.16. The van der Waals surface area contributed by atoms with Crippen LogP contribution in [-0.4, -0.2) is 19.2 Å². The van der Waals surface area contributed by atoms with Crippen LogP contribution in [0, 0.1) is 27.7 Å². The van der Waals surface area contributed by atoms with Crippen molar-refractivity contribution in [1.29, 1.82) is 0 Å². The zero-order valence-corrected chi connectivity index (χ0v) is 31.2. The van der Waals surface area contributed by atoms with Crippen molar-refractivity contribution in [2.45, 2.75) is 167 Å². The third-order valence-corrected chi connectivity index (χ3v) is 18.8. The normalized spacial score (nSPS) is 11.7. The predicted octanol–water partition coefficient (Wildman–Crippen LogP) is 12.4. The van der Waals surface area contributed by atoms with E-state index in [2.05, 4.69) is 79.7 Å². The molecule has 2 aromatic rings. The van der Waals surface area contributed by atoms with Crippen LogP contribution in [0.15, 0.2) is 24.3 Å². The zero-order chi connectivity index (χ0) is 30.1. The van der Waals surface area contributed by atoms with Crippen LogP contribution in [0.2, 0.25) is 8.87 Å². The monoisotopic (exact) mass is 672 g/mol. The number of aryl methyl sites for hydroxylation is 2. The SMILES string of the molecule is CCCCCCC[CH2][Sn]([CH2]CCCCCCC)([O]c1ccc(C)c(C)c1CCC)[O]c1ccc(C)c(C)c1CCC. The molecule has 2 aromatic carbocycles. The fraction of sp³-hybridized carbons (Fsp3) is 0.684. The van der Waals surface area contributed by atoms with E-state index in [9.17, 15) is 0 Å². The molecule has 0 atom stereocenters. The molecule has 0 aromatic heterocycles. The Morgan fingerprint density at radius 2 is 0.829 bits per heavy atom. The third kappa shape index (κ3) is 11.8. The second-order valence-electron chi connectivity index (χ2n) is 12.6. The van der Waals surface area contributed by atoms with E-state index < -0.39 is 19.2 Å². The van der Waals surface area contributed by atoms with Crippen LogP contribution in [0.3, 0.4) is 0 Å². The number of hydrogen-bond acceptors (Lipinski definition) is 2. The van der Waals surface area contributed by atoms with Gasteiger partial charge in [0.2, 0.25) is 0 Å². The summed E-state index contributed by atoms with van der Waals surface area (Å²) in [6.07, 6.45) is 20.2. The van der Waals surface area contributed by atoms with Gasteiger partial charge in [-0.3, -0.25) is 0 Å². The molecule has 0 unspecified atom stereocenters. The van der Waals surface area contributed by atoms with Crippen LogP contribution >= 0.6 is 0 Å². The molecule has 0 aliphatic rings. The van der Waals surface area contributed by atoms with Crippen molar-refractivity contribution in [2.24, 2.45) is 0 Å². The van der Waals surface area contributed by atoms with Crippen LogP contribution in [0.1, 0.15) is 151 Å². The number of unbranched alkanes of at least 4 members (excludes halogenated alkanes) is 10. The minimum absolute atomic E-state index is 1.07. The van der Waals surface area contributed by atoms with Crippen LogP contribution in [0.25, 0.3) is 0 Å². The molecule has 0 saturated heterocycles. The molecule has 2 nitrogen and oxygen atoms in total. The van der Waals surface area contributed by atoms with E-state index >= 15 is 0 Å². The molecule has 0 radical (unpaired) electrons. The van der Waals surface area contributed by atoms with Gasteiger partial charge < -0.3 is 0 Å². The van der Waals surface area contributed by atoms with Crippen molar-refractivity contribution in [2.75, 3.05) is 0 Å². The predicted molar refractivity (Wildman–Crippen MR) is 183 cm³/mol. The van der Waals surface area contributed by atoms with Gasteiger partial charge in [0.1, 0.15) is 0 Å². The second-order valence-corrected chi connectivity index (χ2v) is 21.8. The summed E-state index contributed by atoms with van der Waals surface area (Å²) in [4.78, 5) is 0. The summed E-state index contributed by atoms with van der Waals surface area (Å²) in [5.74, 6) is 2.26. The van der Waals surface area contributed by atoms with E-state index in [4.69, 9.17) is 6.15 Å². The van der Waals surface area contributed by atoms with Gasteiger partial charge >= 0.3 is 261 Å². The van der Waals surface area contributed by atoms with Crippen molar-refractivity contribution in [1.82, 2.24) is 0 Å². The summed E-state index contributed by atoms with van der Waals surface area (Å²) >= 11 is -3.62. The van der Waals surface area contributed by atoms with Crippen molar-refractivity contribution in [3.63, 3.8) is 0 Å². The van der Waals surface area contributed by atoms with Gasteiger partial charge in [-0.1, -0.05) is 0 Å². The third-order valence-electron chi connectivity index (χ3n) is 9.07. The van der Waals surface area contributed by atoms with E-state index in [1.54, 1.807) is 0 Å². The Bertz CT molecular complexity index is 930. The van der Waals surface area contributed by atoms with Gasteiger partial charge in [0.15, 0.2) is 0 Å². The molecule has 0 saturated carbocycles. The molecule has 2 rings (SSSR count). The van der Waals surface area contributed by atoms with Gasteiger partial charge in [-0.25, -0.2) is 0 Å². The molecule has 0 aliphatic carbocycles. The molecular formula is C38H64O2Sn. The van der Waals surface area contributed by atoms with Crippen molar-refractivity contribution >= 4 is 19.2 Å². The van der Waals surface area contributed by atoms with E-state index in [-0.39, 0.29) is 0 Å². The summed E-state index contributed by atoms with van der Waals surface area (Å²) < 4.78 is 17.2. The molecule has 41 heavy (non-hydrogen) atoms. The molecular weight excluding hydrogens is 607 g/mol. The molecule has 0 amide bonds. The maximum absolute atomic E-state index is 7.47. The number of hydrogen-bond donors (Lipinski definition) is 0. The average Bonchev–Trinajstić information content (AvgIpc) is 2.96. The standard InChI is InChI=1S/2C11H16O.2C8H17.Sn/c2*1-4-5-10-9(3)8(2)6-7-11(10)12;2*1-3-5-7-8-6-4-2;/h2*6-7,12H,4-5H2,1-3H3;2*1,3-8H2,2H3;/q;;;;+2/p-2. The van der Waals surface area contributed by atoms with Crippen LogP contribution in [0.4, 0.5) is 0 Å². The summed E-state index contributed by atoms with van der Waals surface area (Å²) in [5.41, 5.74) is 8.37. The first-order chi connectivity index (χ1) is 19.8. The molecule has 0 spiro atoms. The first kappa shape index (κ1) is 36.0. The van der Waals surface area contributed by atoms with Gasteiger partial charge in [-0.15, -0.1) is 0 Å². The Labute approximate surface area is 260 Å². The van der Waals surface area contributed by atoms with Crippen molar-refractivity contribution < 1.29 is 6.15 Å². The van der Waals surface area contributed by atoms with Gasteiger partial charge in [0.25, 0.3) is 0 Å². The van der Waals surface area contributed by atoms with E-state index in [1.165, 1.54) is 110 Å². The van der Waals surface area contributed by atoms with Crippen molar-refractivity contribution in [3.8, 4) is 11.5 Å². The Kier molecular flexibility index (Phi) is 17.5. The molecule has 0 fully saturated rings. The Morgan fingerprint density at radius 3 is 1.20 bits per heavy atom. The van der Waals surface area contributed by atoms with Crippen molar-refractivity contribution in [3.05, 3.63) is 57.6 Å². The fourth-order valence-corrected chi connectivity index (χ4v) is 16.0. The van der Waals surface area contributed by atoms with Gasteiger partial charge in [-0.2, -0.15) is 0 Å². The van der Waals surface area contributed by atoms with E-state index in [0.717, 1.165) is 46.1 Å². The van der Waals surface area contributed by atoms with E-state index in [1.807, 2.05) is 0 Å².